The second-order valence-electron chi connectivity index (χ2n) is 10.5. The van der Waals surface area contributed by atoms with Crippen molar-refractivity contribution in [3.05, 3.63) is 89.1 Å². The van der Waals surface area contributed by atoms with E-state index in [-0.39, 0.29) is 5.41 Å². The molecule has 5 rings (SSSR count). The molecular formula is C31H33N5S. The van der Waals surface area contributed by atoms with E-state index in [2.05, 4.69) is 68.3 Å². The molecule has 0 saturated carbocycles. The van der Waals surface area contributed by atoms with Gasteiger partial charge in [0.25, 0.3) is 0 Å². The van der Waals surface area contributed by atoms with Crippen LogP contribution in [-0.2, 0) is 11.8 Å². The van der Waals surface area contributed by atoms with Gasteiger partial charge in [0.2, 0.25) is 0 Å². The van der Waals surface area contributed by atoms with Crippen LogP contribution in [-0.4, -0.2) is 21.5 Å². The maximum Gasteiger partial charge on any atom is 0.162 e. The fourth-order valence-corrected chi connectivity index (χ4v) is 5.87. The number of aromatic nitrogens is 3. The van der Waals surface area contributed by atoms with Crippen LogP contribution in [0.25, 0.3) is 32.7 Å². The van der Waals surface area contributed by atoms with Gasteiger partial charge in [-0.15, -0.1) is 11.3 Å². The average Bonchev–Trinajstić information content (AvgIpc) is 3.28. The summed E-state index contributed by atoms with van der Waals surface area (Å²) in [5.74, 6) is 1.58. The number of aryl methyl sites for hydroxylation is 2. The monoisotopic (exact) mass is 507 g/mol. The SMILES string of the molecule is Cc1cccc(CCCNc2nc(-c3ccncc3)nc3c(-c4cccc(N)c4)c(C(C)(C)C)sc23)c1. The van der Waals surface area contributed by atoms with Gasteiger partial charge in [-0.05, 0) is 60.6 Å². The molecule has 3 N–H and O–H groups in total. The molecule has 0 unspecified atom stereocenters. The van der Waals surface area contributed by atoms with Gasteiger partial charge in [-0.1, -0.05) is 62.7 Å². The molecule has 37 heavy (non-hydrogen) atoms. The van der Waals surface area contributed by atoms with Crippen molar-refractivity contribution >= 4 is 33.1 Å². The first-order valence-electron chi connectivity index (χ1n) is 12.7. The lowest BCUT2D eigenvalue weighted by molar-refractivity contribution is 0.605. The molecule has 0 saturated heterocycles. The van der Waals surface area contributed by atoms with Crippen LogP contribution >= 0.6 is 11.3 Å². The molecule has 5 aromatic rings. The number of benzene rings is 2. The van der Waals surface area contributed by atoms with Gasteiger partial charge in [0.1, 0.15) is 5.82 Å². The summed E-state index contributed by atoms with van der Waals surface area (Å²) in [7, 11) is 0. The van der Waals surface area contributed by atoms with E-state index in [9.17, 15) is 0 Å². The van der Waals surface area contributed by atoms with E-state index in [0.29, 0.717) is 5.82 Å². The van der Waals surface area contributed by atoms with E-state index in [1.807, 2.05) is 30.3 Å². The van der Waals surface area contributed by atoms with Gasteiger partial charge in [-0.2, -0.15) is 0 Å². The van der Waals surface area contributed by atoms with Gasteiger partial charge in [-0.3, -0.25) is 4.98 Å². The molecular weight excluding hydrogens is 474 g/mol. The zero-order valence-corrected chi connectivity index (χ0v) is 22.7. The Morgan fingerprint density at radius 2 is 1.70 bits per heavy atom. The summed E-state index contributed by atoms with van der Waals surface area (Å²) in [5.41, 5.74) is 13.7. The lowest BCUT2D eigenvalue weighted by atomic mass is 9.89. The lowest BCUT2D eigenvalue weighted by Gasteiger charge is -2.19. The molecule has 188 valence electrons. The van der Waals surface area contributed by atoms with Crippen molar-refractivity contribution in [2.24, 2.45) is 0 Å². The number of hydrogen-bond acceptors (Lipinski definition) is 6. The molecule has 3 aromatic heterocycles. The molecule has 5 nitrogen and oxygen atoms in total. The molecule has 0 aliphatic carbocycles. The molecule has 0 amide bonds. The lowest BCUT2D eigenvalue weighted by Crippen LogP contribution is -2.10. The van der Waals surface area contributed by atoms with Crippen LogP contribution in [0.1, 0.15) is 43.2 Å². The molecule has 0 fully saturated rings. The topological polar surface area (TPSA) is 76.7 Å². The maximum absolute atomic E-state index is 6.21. The van der Waals surface area contributed by atoms with Crippen LogP contribution in [0.2, 0.25) is 0 Å². The van der Waals surface area contributed by atoms with Gasteiger partial charge in [0.05, 0.1) is 10.2 Å². The third kappa shape index (κ3) is 5.49. The Morgan fingerprint density at radius 1 is 0.919 bits per heavy atom. The standard InChI is InChI=1S/C31H33N5S/c1-20-8-5-9-21(18-20)10-7-15-34-30-27-26(35-29(36-30)22-13-16-33-17-14-22)25(28(37-27)31(2,3)4)23-11-6-12-24(32)19-23/h5-6,8-9,11-14,16-19H,7,10,15,32H2,1-4H3,(H,34,35,36). The molecule has 0 atom stereocenters. The van der Waals surface area contributed by atoms with E-state index in [0.717, 1.165) is 57.8 Å². The Morgan fingerprint density at radius 3 is 2.43 bits per heavy atom. The number of fused-ring (bicyclic) bond motifs is 1. The molecule has 0 aliphatic heterocycles. The minimum absolute atomic E-state index is 0.0649. The number of nitrogen functional groups attached to an aromatic ring is 1. The summed E-state index contributed by atoms with van der Waals surface area (Å²) in [4.78, 5) is 15.6. The second kappa shape index (κ2) is 10.3. The number of nitrogens with one attached hydrogen (secondary N) is 1. The number of thiophene rings is 1. The zero-order valence-electron chi connectivity index (χ0n) is 21.9. The Kier molecular flexibility index (Phi) is 6.94. The van der Waals surface area contributed by atoms with Crippen molar-refractivity contribution in [2.45, 2.75) is 46.0 Å². The van der Waals surface area contributed by atoms with E-state index in [1.54, 1.807) is 23.7 Å². The van der Waals surface area contributed by atoms with Crippen LogP contribution in [0.3, 0.4) is 0 Å². The highest BCUT2D eigenvalue weighted by Gasteiger charge is 2.27. The highest BCUT2D eigenvalue weighted by Crippen LogP contribution is 2.46. The van der Waals surface area contributed by atoms with Gasteiger partial charge in [-0.25, -0.2) is 9.97 Å². The highest BCUT2D eigenvalue weighted by molar-refractivity contribution is 7.20. The molecule has 2 aromatic carbocycles. The maximum atomic E-state index is 6.21. The van der Waals surface area contributed by atoms with Crippen molar-refractivity contribution in [2.75, 3.05) is 17.6 Å². The Bertz CT molecular complexity index is 1530. The third-order valence-electron chi connectivity index (χ3n) is 6.35. The van der Waals surface area contributed by atoms with Crippen LogP contribution < -0.4 is 11.1 Å². The molecule has 0 spiro atoms. The fourth-order valence-electron chi connectivity index (χ4n) is 4.58. The smallest absolute Gasteiger partial charge is 0.162 e. The Hall–Kier alpha value is -3.77. The van der Waals surface area contributed by atoms with Gasteiger partial charge >= 0.3 is 0 Å². The predicted octanol–water partition coefficient (Wildman–Crippen LogP) is 7.65. The predicted molar refractivity (Wildman–Crippen MR) is 157 cm³/mol. The number of anilines is 2. The van der Waals surface area contributed by atoms with Crippen LogP contribution in [0.4, 0.5) is 11.5 Å². The quantitative estimate of drug-likeness (QED) is 0.175. The number of hydrogen-bond donors (Lipinski definition) is 2. The molecule has 0 aliphatic rings. The van der Waals surface area contributed by atoms with Crippen molar-refractivity contribution in [3.63, 3.8) is 0 Å². The number of nitrogens with two attached hydrogens (primary N) is 1. The first-order chi connectivity index (χ1) is 17.8. The number of pyridine rings is 1. The Balaban J connectivity index is 1.60. The van der Waals surface area contributed by atoms with E-state index in [4.69, 9.17) is 15.7 Å². The first-order valence-corrected chi connectivity index (χ1v) is 13.5. The first kappa shape index (κ1) is 24.9. The van der Waals surface area contributed by atoms with Crippen LogP contribution in [0, 0.1) is 6.92 Å². The van der Waals surface area contributed by atoms with Crippen molar-refractivity contribution in [1.82, 2.24) is 15.0 Å². The van der Waals surface area contributed by atoms with Gasteiger partial charge in [0, 0.05) is 40.6 Å². The molecule has 3 heterocycles. The van der Waals surface area contributed by atoms with Crippen LogP contribution in [0.5, 0.6) is 0 Å². The summed E-state index contributed by atoms with van der Waals surface area (Å²) in [6.07, 6.45) is 5.60. The minimum Gasteiger partial charge on any atom is -0.399 e. The zero-order chi connectivity index (χ0) is 26.0. The highest BCUT2D eigenvalue weighted by atomic mass is 32.1. The van der Waals surface area contributed by atoms with Crippen molar-refractivity contribution in [1.29, 1.82) is 0 Å². The van der Waals surface area contributed by atoms with Crippen molar-refractivity contribution < 1.29 is 0 Å². The Labute approximate surface area is 222 Å². The summed E-state index contributed by atoms with van der Waals surface area (Å²) < 4.78 is 1.08. The average molecular weight is 508 g/mol. The third-order valence-corrected chi connectivity index (χ3v) is 7.96. The number of nitrogens with zero attached hydrogens (tertiary/aromatic N) is 3. The summed E-state index contributed by atoms with van der Waals surface area (Å²) >= 11 is 1.78. The van der Waals surface area contributed by atoms with E-state index in [1.165, 1.54) is 16.0 Å². The van der Waals surface area contributed by atoms with Crippen molar-refractivity contribution in [3.8, 4) is 22.5 Å². The molecule has 6 heteroatoms. The molecule has 0 bridgehead atoms. The fraction of sp³-hybridized carbons (Fsp3) is 0.258. The second-order valence-corrected chi connectivity index (χ2v) is 11.5. The van der Waals surface area contributed by atoms with Gasteiger partial charge < -0.3 is 11.1 Å². The normalized spacial score (nSPS) is 11.7. The summed E-state index contributed by atoms with van der Waals surface area (Å²) in [5, 5.41) is 3.66. The minimum atomic E-state index is -0.0649. The van der Waals surface area contributed by atoms with Crippen LogP contribution in [0.15, 0.2) is 73.1 Å². The largest absolute Gasteiger partial charge is 0.399 e. The number of rotatable bonds is 7. The van der Waals surface area contributed by atoms with E-state index < -0.39 is 0 Å². The molecule has 0 radical (unpaired) electrons. The van der Waals surface area contributed by atoms with E-state index >= 15 is 0 Å². The summed E-state index contributed by atoms with van der Waals surface area (Å²) in [6.45, 7) is 9.72. The van der Waals surface area contributed by atoms with Gasteiger partial charge in [0.15, 0.2) is 5.82 Å². The summed E-state index contributed by atoms with van der Waals surface area (Å²) in [6, 6.07) is 20.7.